The monoisotopic (exact) mass is 466 g/mol. The van der Waals surface area contributed by atoms with Gasteiger partial charge in [0.15, 0.2) is 0 Å². The standard InChI is InChI=1S/C26H21F3N2O3/c1-15-9-10-18(12-16(15)2)23(32)21-22(20-8-3-4-11-30-20)31(25(34)24(21)33)14-17-6-5-7-19(13-17)26(27,28)29/h3-13,22,32H,14H2,1-2H3/b23-21+. The van der Waals surface area contributed by atoms with Crippen LogP contribution >= 0.6 is 0 Å². The summed E-state index contributed by atoms with van der Waals surface area (Å²) in [5.74, 6) is -2.19. The first-order valence-electron chi connectivity index (χ1n) is 10.5. The zero-order valence-corrected chi connectivity index (χ0v) is 18.4. The molecule has 1 amide bonds. The van der Waals surface area contributed by atoms with Crippen LogP contribution in [0.15, 0.2) is 72.4 Å². The van der Waals surface area contributed by atoms with E-state index in [0.29, 0.717) is 11.3 Å². The van der Waals surface area contributed by atoms with Gasteiger partial charge in [-0.1, -0.05) is 30.3 Å². The minimum Gasteiger partial charge on any atom is -0.507 e. The molecule has 2 aromatic carbocycles. The summed E-state index contributed by atoms with van der Waals surface area (Å²) in [4.78, 5) is 31.5. The van der Waals surface area contributed by atoms with Crippen LogP contribution in [0.3, 0.4) is 0 Å². The van der Waals surface area contributed by atoms with Gasteiger partial charge in [-0.25, -0.2) is 0 Å². The number of carbonyl (C=O) groups is 2. The number of aromatic nitrogens is 1. The molecule has 34 heavy (non-hydrogen) atoms. The highest BCUT2D eigenvalue weighted by Crippen LogP contribution is 2.40. The number of aliphatic hydroxyl groups is 1. The first kappa shape index (κ1) is 23.2. The van der Waals surface area contributed by atoms with Gasteiger partial charge in [-0.05, 0) is 60.9 Å². The number of aryl methyl sites for hydroxylation is 2. The number of benzene rings is 2. The van der Waals surface area contributed by atoms with E-state index < -0.39 is 29.5 Å². The van der Waals surface area contributed by atoms with E-state index in [-0.39, 0.29) is 23.4 Å². The molecule has 1 atom stereocenters. The van der Waals surface area contributed by atoms with Gasteiger partial charge in [-0.2, -0.15) is 13.2 Å². The van der Waals surface area contributed by atoms with Crippen LogP contribution in [0.25, 0.3) is 5.76 Å². The lowest BCUT2D eigenvalue weighted by molar-refractivity contribution is -0.140. The van der Waals surface area contributed by atoms with E-state index in [1.807, 2.05) is 13.8 Å². The summed E-state index contributed by atoms with van der Waals surface area (Å²) in [6, 6.07) is 13.6. The van der Waals surface area contributed by atoms with Crippen molar-refractivity contribution in [3.05, 3.63) is 106 Å². The Kier molecular flexibility index (Phi) is 6.00. The molecule has 0 bridgehead atoms. The molecule has 1 unspecified atom stereocenters. The maximum Gasteiger partial charge on any atom is 0.416 e. The van der Waals surface area contributed by atoms with Crippen molar-refractivity contribution in [2.75, 3.05) is 0 Å². The smallest absolute Gasteiger partial charge is 0.416 e. The largest absolute Gasteiger partial charge is 0.507 e. The summed E-state index contributed by atoms with van der Waals surface area (Å²) in [6.45, 7) is 3.50. The minimum atomic E-state index is -4.55. The Labute approximate surface area is 194 Å². The lowest BCUT2D eigenvalue weighted by Crippen LogP contribution is -2.29. The molecule has 2 heterocycles. The van der Waals surface area contributed by atoms with Gasteiger partial charge in [-0.15, -0.1) is 0 Å². The number of rotatable bonds is 4. The molecule has 0 saturated carbocycles. The van der Waals surface area contributed by atoms with Crippen molar-refractivity contribution in [1.29, 1.82) is 0 Å². The Bertz CT molecular complexity index is 1300. The van der Waals surface area contributed by atoms with Crippen LogP contribution in [0, 0.1) is 13.8 Å². The van der Waals surface area contributed by atoms with Crippen molar-refractivity contribution < 1.29 is 27.9 Å². The van der Waals surface area contributed by atoms with Crippen LogP contribution in [-0.4, -0.2) is 26.7 Å². The fraction of sp³-hybridized carbons (Fsp3) is 0.192. The zero-order chi connectivity index (χ0) is 24.6. The van der Waals surface area contributed by atoms with E-state index in [2.05, 4.69) is 4.98 Å². The normalized spacial score (nSPS) is 17.9. The molecular weight excluding hydrogens is 445 g/mol. The summed E-state index contributed by atoms with van der Waals surface area (Å²) >= 11 is 0. The lowest BCUT2D eigenvalue weighted by Gasteiger charge is -2.25. The van der Waals surface area contributed by atoms with Crippen molar-refractivity contribution in [2.24, 2.45) is 0 Å². The highest BCUT2D eigenvalue weighted by Gasteiger charge is 2.46. The molecule has 1 aliphatic rings. The summed E-state index contributed by atoms with van der Waals surface area (Å²) in [7, 11) is 0. The van der Waals surface area contributed by atoms with E-state index in [0.717, 1.165) is 28.2 Å². The topological polar surface area (TPSA) is 70.5 Å². The van der Waals surface area contributed by atoms with Crippen LogP contribution in [0.4, 0.5) is 13.2 Å². The third-order valence-electron chi connectivity index (χ3n) is 5.90. The molecule has 1 aliphatic heterocycles. The molecule has 4 rings (SSSR count). The number of hydrogen-bond acceptors (Lipinski definition) is 4. The molecule has 3 aromatic rings. The van der Waals surface area contributed by atoms with Gasteiger partial charge in [0.05, 0.1) is 16.8 Å². The van der Waals surface area contributed by atoms with Gasteiger partial charge >= 0.3 is 6.18 Å². The van der Waals surface area contributed by atoms with E-state index in [1.165, 1.54) is 18.3 Å². The number of likely N-dealkylation sites (tertiary alicyclic amines) is 1. The van der Waals surface area contributed by atoms with Crippen LogP contribution < -0.4 is 0 Å². The number of alkyl halides is 3. The number of halogens is 3. The lowest BCUT2D eigenvalue weighted by atomic mass is 9.96. The van der Waals surface area contributed by atoms with Crippen molar-refractivity contribution in [1.82, 2.24) is 9.88 Å². The number of Topliss-reactive ketones (excluding diaryl/α,β-unsaturated/α-hetero) is 1. The molecule has 0 radical (unpaired) electrons. The van der Waals surface area contributed by atoms with Gasteiger partial charge in [-0.3, -0.25) is 14.6 Å². The maximum absolute atomic E-state index is 13.2. The highest BCUT2D eigenvalue weighted by molar-refractivity contribution is 6.46. The Morgan fingerprint density at radius 1 is 1.00 bits per heavy atom. The van der Waals surface area contributed by atoms with E-state index >= 15 is 0 Å². The number of hydrogen-bond donors (Lipinski definition) is 1. The number of amides is 1. The van der Waals surface area contributed by atoms with Crippen LogP contribution in [0.1, 0.15) is 39.6 Å². The fourth-order valence-corrected chi connectivity index (χ4v) is 3.98. The summed E-state index contributed by atoms with van der Waals surface area (Å²) < 4.78 is 39.6. The number of carbonyl (C=O) groups excluding carboxylic acids is 2. The Balaban J connectivity index is 1.83. The first-order valence-corrected chi connectivity index (χ1v) is 10.5. The van der Waals surface area contributed by atoms with Gasteiger partial charge in [0.1, 0.15) is 11.8 Å². The molecule has 1 N–H and O–H groups in total. The van der Waals surface area contributed by atoms with Crippen LogP contribution in [0.5, 0.6) is 0 Å². The Hall–Kier alpha value is -3.94. The average molecular weight is 466 g/mol. The summed E-state index contributed by atoms with van der Waals surface area (Å²) in [6.07, 6.45) is -3.07. The molecule has 174 valence electrons. The molecular formula is C26H21F3N2O3. The Morgan fingerprint density at radius 3 is 2.41 bits per heavy atom. The van der Waals surface area contributed by atoms with Crippen molar-refractivity contribution in [3.8, 4) is 0 Å². The van der Waals surface area contributed by atoms with E-state index in [4.69, 9.17) is 0 Å². The molecule has 1 saturated heterocycles. The second-order valence-electron chi connectivity index (χ2n) is 8.18. The number of nitrogens with zero attached hydrogens (tertiary/aromatic N) is 2. The highest BCUT2D eigenvalue weighted by atomic mass is 19.4. The SMILES string of the molecule is Cc1ccc(/C(O)=C2\C(=O)C(=O)N(Cc3cccc(C(F)(F)F)c3)C2c2ccccn2)cc1C. The van der Waals surface area contributed by atoms with Crippen LogP contribution in [-0.2, 0) is 22.3 Å². The van der Waals surface area contributed by atoms with Gasteiger partial charge < -0.3 is 10.0 Å². The second-order valence-corrected chi connectivity index (χ2v) is 8.18. The summed E-state index contributed by atoms with van der Waals surface area (Å²) in [5.41, 5.74) is 1.74. The molecule has 1 aromatic heterocycles. The predicted molar refractivity (Wildman–Crippen MR) is 119 cm³/mol. The maximum atomic E-state index is 13.2. The van der Waals surface area contributed by atoms with Gasteiger partial charge in [0.2, 0.25) is 0 Å². The van der Waals surface area contributed by atoms with Crippen molar-refractivity contribution >= 4 is 17.4 Å². The number of pyridine rings is 1. The first-order chi connectivity index (χ1) is 16.1. The van der Waals surface area contributed by atoms with Gasteiger partial charge in [0.25, 0.3) is 11.7 Å². The zero-order valence-electron chi connectivity index (χ0n) is 18.4. The molecule has 5 nitrogen and oxygen atoms in total. The van der Waals surface area contributed by atoms with E-state index in [1.54, 1.807) is 36.4 Å². The molecule has 0 aliphatic carbocycles. The third kappa shape index (κ3) is 4.31. The average Bonchev–Trinajstić information content (AvgIpc) is 3.05. The number of ketones is 1. The predicted octanol–water partition coefficient (Wildman–Crippen LogP) is 5.34. The minimum absolute atomic E-state index is 0.154. The Morgan fingerprint density at radius 2 is 1.76 bits per heavy atom. The van der Waals surface area contributed by atoms with Gasteiger partial charge in [0, 0.05) is 18.3 Å². The number of aliphatic hydroxyl groups excluding tert-OH is 1. The van der Waals surface area contributed by atoms with Crippen molar-refractivity contribution in [2.45, 2.75) is 32.6 Å². The summed E-state index contributed by atoms with van der Waals surface area (Å²) in [5, 5.41) is 11.1. The van der Waals surface area contributed by atoms with Crippen molar-refractivity contribution in [3.63, 3.8) is 0 Å². The molecule has 1 fully saturated rings. The van der Waals surface area contributed by atoms with Crippen LogP contribution in [0.2, 0.25) is 0 Å². The third-order valence-corrected chi connectivity index (χ3v) is 5.90. The van der Waals surface area contributed by atoms with E-state index in [9.17, 15) is 27.9 Å². The fourth-order valence-electron chi connectivity index (χ4n) is 3.98. The second kappa shape index (κ2) is 8.78. The molecule has 0 spiro atoms. The molecule has 8 heteroatoms. The quantitative estimate of drug-likeness (QED) is 0.320.